The molecule has 0 aliphatic rings. The van der Waals surface area contributed by atoms with Gasteiger partial charge in [0, 0.05) is 15.6 Å². The highest BCUT2D eigenvalue weighted by molar-refractivity contribution is 9.10. The number of nitrogens with zero attached hydrogens (tertiary/aromatic N) is 3. The Morgan fingerprint density at radius 1 is 1.18 bits per heavy atom. The number of aryl methyl sites for hydroxylation is 1. The van der Waals surface area contributed by atoms with E-state index in [0.29, 0.717) is 33.7 Å². The van der Waals surface area contributed by atoms with Gasteiger partial charge in [-0.1, -0.05) is 29.3 Å². The predicted molar refractivity (Wildman–Crippen MR) is 134 cm³/mol. The van der Waals surface area contributed by atoms with Crippen molar-refractivity contribution in [3.05, 3.63) is 73.4 Å². The van der Waals surface area contributed by atoms with Crippen LogP contribution in [0.5, 0.6) is 11.5 Å². The topological polar surface area (TPSA) is 77.7 Å². The van der Waals surface area contributed by atoms with Crippen molar-refractivity contribution >= 4 is 51.3 Å². The smallest absolute Gasteiger partial charge is 0.261 e. The second-order valence-electron chi connectivity index (χ2n) is 7.06. The van der Waals surface area contributed by atoms with Crippen LogP contribution in [-0.4, -0.2) is 28.5 Å². The number of carbonyl (C=O) groups is 1. The van der Waals surface area contributed by atoms with E-state index in [2.05, 4.69) is 31.6 Å². The number of rotatable bonds is 9. The number of nitrogens with one attached hydrogen (secondary N) is 1. The first kappa shape index (κ1) is 25.1. The van der Waals surface area contributed by atoms with Crippen molar-refractivity contribution in [2.75, 3.05) is 6.61 Å². The summed E-state index contributed by atoms with van der Waals surface area (Å²) < 4.78 is 14.1. The SMILES string of the molecule is CCOc1cc(/C=N/NC(=O)Cn2nc(C)c(Br)c2C)ccc1OCc1c(Cl)cccc1Cl. The molecule has 0 saturated carbocycles. The minimum absolute atomic E-state index is 0.0667. The second-order valence-corrected chi connectivity index (χ2v) is 8.67. The molecule has 0 unspecified atom stereocenters. The first-order valence-electron chi connectivity index (χ1n) is 10.1. The lowest BCUT2D eigenvalue weighted by Crippen LogP contribution is -2.24. The van der Waals surface area contributed by atoms with Crippen molar-refractivity contribution in [2.24, 2.45) is 5.10 Å². The first-order chi connectivity index (χ1) is 15.8. The molecule has 0 aliphatic carbocycles. The number of amides is 1. The largest absolute Gasteiger partial charge is 0.490 e. The molecule has 1 aromatic heterocycles. The summed E-state index contributed by atoms with van der Waals surface area (Å²) >= 11 is 15.9. The normalized spacial score (nSPS) is 11.1. The van der Waals surface area contributed by atoms with Gasteiger partial charge in [-0.2, -0.15) is 10.2 Å². The van der Waals surface area contributed by atoms with Gasteiger partial charge in [0.15, 0.2) is 11.5 Å². The molecular weight excluding hydrogens is 531 g/mol. The number of carbonyl (C=O) groups excluding carboxylic acids is 1. The Morgan fingerprint density at radius 3 is 2.55 bits per heavy atom. The Labute approximate surface area is 210 Å². The molecule has 0 fully saturated rings. The quantitative estimate of drug-likeness (QED) is 0.272. The molecule has 10 heteroatoms. The molecular formula is C23H23BrCl2N4O3. The van der Waals surface area contributed by atoms with Crippen LogP contribution in [0.25, 0.3) is 0 Å². The maximum Gasteiger partial charge on any atom is 0.261 e. The Bertz CT molecular complexity index is 1160. The lowest BCUT2D eigenvalue weighted by Gasteiger charge is -2.14. The highest BCUT2D eigenvalue weighted by Gasteiger charge is 2.12. The summed E-state index contributed by atoms with van der Waals surface area (Å²) in [5, 5.41) is 9.42. The maximum atomic E-state index is 12.2. The van der Waals surface area contributed by atoms with Gasteiger partial charge in [-0.3, -0.25) is 9.48 Å². The zero-order valence-electron chi connectivity index (χ0n) is 18.4. The summed E-state index contributed by atoms with van der Waals surface area (Å²) in [6.07, 6.45) is 1.53. The van der Waals surface area contributed by atoms with Crippen molar-refractivity contribution < 1.29 is 14.3 Å². The molecule has 0 saturated heterocycles. The number of hydrogen-bond donors (Lipinski definition) is 1. The summed E-state index contributed by atoms with van der Waals surface area (Å²) in [6.45, 7) is 6.36. The molecule has 33 heavy (non-hydrogen) atoms. The number of benzene rings is 2. The van der Waals surface area contributed by atoms with Crippen molar-refractivity contribution in [3.63, 3.8) is 0 Å². The van der Waals surface area contributed by atoms with Crippen LogP contribution < -0.4 is 14.9 Å². The van der Waals surface area contributed by atoms with Crippen LogP contribution >= 0.6 is 39.1 Å². The Balaban J connectivity index is 1.64. The van der Waals surface area contributed by atoms with Crippen molar-refractivity contribution in [1.29, 1.82) is 0 Å². The third kappa shape index (κ3) is 6.50. The molecule has 1 heterocycles. The summed E-state index contributed by atoms with van der Waals surface area (Å²) in [5.74, 6) is 0.804. The Hall–Kier alpha value is -2.55. The third-order valence-corrected chi connectivity index (χ3v) is 6.55. The van der Waals surface area contributed by atoms with Crippen LogP contribution in [0.4, 0.5) is 0 Å². The second kappa shape index (κ2) is 11.5. The molecule has 1 amide bonds. The summed E-state index contributed by atoms with van der Waals surface area (Å²) in [5.41, 5.74) is 5.65. The first-order valence-corrected chi connectivity index (χ1v) is 11.7. The predicted octanol–water partition coefficient (Wildman–Crippen LogP) is 5.70. The fourth-order valence-electron chi connectivity index (χ4n) is 2.99. The number of aromatic nitrogens is 2. The molecule has 0 radical (unpaired) electrons. The average molecular weight is 554 g/mol. The fraction of sp³-hybridized carbons (Fsp3) is 0.261. The zero-order valence-corrected chi connectivity index (χ0v) is 21.5. The average Bonchev–Trinajstić information content (AvgIpc) is 3.01. The lowest BCUT2D eigenvalue weighted by atomic mass is 10.2. The summed E-state index contributed by atoms with van der Waals surface area (Å²) in [7, 11) is 0. The Morgan fingerprint density at radius 2 is 1.91 bits per heavy atom. The Kier molecular flexibility index (Phi) is 8.77. The van der Waals surface area contributed by atoms with Crippen LogP contribution in [0.1, 0.15) is 29.4 Å². The molecule has 0 spiro atoms. The highest BCUT2D eigenvalue weighted by atomic mass is 79.9. The molecule has 0 aliphatic heterocycles. The van der Waals surface area contributed by atoms with Crippen molar-refractivity contribution in [1.82, 2.24) is 15.2 Å². The maximum absolute atomic E-state index is 12.2. The summed E-state index contributed by atoms with van der Waals surface area (Å²) in [6, 6.07) is 10.7. The van der Waals surface area contributed by atoms with Gasteiger partial charge >= 0.3 is 0 Å². The molecule has 3 aromatic rings. The number of hydrazone groups is 1. The number of ether oxygens (including phenoxy) is 2. The molecule has 7 nitrogen and oxygen atoms in total. The fourth-order valence-corrected chi connectivity index (χ4v) is 3.78. The van der Waals surface area contributed by atoms with Gasteiger partial charge in [-0.15, -0.1) is 0 Å². The molecule has 2 aromatic carbocycles. The minimum atomic E-state index is -0.286. The van der Waals surface area contributed by atoms with Crippen molar-refractivity contribution in [3.8, 4) is 11.5 Å². The van der Waals surface area contributed by atoms with Crippen LogP contribution in [-0.2, 0) is 17.9 Å². The van der Waals surface area contributed by atoms with Crippen LogP contribution in [0.3, 0.4) is 0 Å². The molecule has 0 bridgehead atoms. The standard InChI is InChI=1S/C23H23BrCl2N4O3/c1-4-32-21-10-16(8-9-20(21)33-13-17-18(25)6-5-7-19(17)26)11-27-28-22(31)12-30-15(3)23(24)14(2)29-30/h5-11H,4,12-13H2,1-3H3,(H,28,31)/b27-11+. The van der Waals surface area contributed by atoms with E-state index in [1.807, 2.05) is 20.8 Å². The van der Waals surface area contributed by atoms with E-state index in [4.69, 9.17) is 32.7 Å². The lowest BCUT2D eigenvalue weighted by molar-refractivity contribution is -0.121. The van der Waals surface area contributed by atoms with Crippen molar-refractivity contribution in [2.45, 2.75) is 33.9 Å². The van der Waals surface area contributed by atoms with E-state index in [-0.39, 0.29) is 19.1 Å². The minimum Gasteiger partial charge on any atom is -0.490 e. The van der Waals surface area contributed by atoms with Crippen LogP contribution in [0.15, 0.2) is 46.0 Å². The number of halogens is 3. The van der Waals surface area contributed by atoms with Crippen LogP contribution in [0.2, 0.25) is 10.0 Å². The van der Waals surface area contributed by atoms with Crippen LogP contribution in [0, 0.1) is 13.8 Å². The highest BCUT2D eigenvalue weighted by Crippen LogP contribution is 2.31. The van der Waals surface area contributed by atoms with Gasteiger partial charge in [0.1, 0.15) is 13.2 Å². The van der Waals surface area contributed by atoms with E-state index >= 15 is 0 Å². The van der Waals surface area contributed by atoms with E-state index in [0.717, 1.165) is 21.4 Å². The van der Waals surface area contributed by atoms with E-state index in [1.165, 1.54) is 6.21 Å². The van der Waals surface area contributed by atoms with E-state index < -0.39 is 0 Å². The molecule has 3 rings (SSSR count). The van der Waals surface area contributed by atoms with Gasteiger partial charge in [0.05, 0.1) is 28.7 Å². The van der Waals surface area contributed by atoms with E-state index in [9.17, 15) is 4.79 Å². The van der Waals surface area contributed by atoms with Gasteiger partial charge in [0.25, 0.3) is 5.91 Å². The number of hydrogen-bond acceptors (Lipinski definition) is 5. The van der Waals surface area contributed by atoms with Gasteiger partial charge in [0.2, 0.25) is 0 Å². The molecule has 0 atom stereocenters. The third-order valence-electron chi connectivity index (χ3n) is 4.69. The van der Waals surface area contributed by atoms with Gasteiger partial charge < -0.3 is 9.47 Å². The zero-order chi connectivity index (χ0) is 24.0. The van der Waals surface area contributed by atoms with Gasteiger partial charge in [-0.05, 0) is 72.6 Å². The molecule has 174 valence electrons. The molecule has 1 N–H and O–H groups in total. The summed E-state index contributed by atoms with van der Waals surface area (Å²) in [4.78, 5) is 12.2. The van der Waals surface area contributed by atoms with E-state index in [1.54, 1.807) is 41.1 Å². The monoisotopic (exact) mass is 552 g/mol. The van der Waals surface area contributed by atoms with Gasteiger partial charge in [-0.25, -0.2) is 5.43 Å².